The molecule has 616 valence electrons. The van der Waals surface area contributed by atoms with Crippen molar-refractivity contribution in [2.75, 3.05) is 10.2 Å². The standard InChI is InChI=1S/C64H43N.C52H33Cl.C12H11N/c1-5-20-47(21-6-1)63(48-22-7-2-8-23-48)57-31-15-17-33-59(57)64(60-34-18-16-32-58(60)63)56-30-14-13-28-55(56)62-54(29-19-35-61(62)64)45-38-40-52-44(42-45)36-37-46-43-51(39-41-53(46)52)65(49-24-9-3-10-25-49)50-26-11-4-12-27-50;53-39-29-31-41-36(33-39)27-26-34-32-35(28-30-40(34)41)42-19-13-25-49-50(42)43-18-7-8-20-44(43)52(49)47-23-11-9-21-45(47)51(37-14-3-1-4-15-37,38-16-5-2-6-17-38)46-22-10-12-24-48(46)52;1-3-7-11(8-4-1)13-12-9-5-2-6-10-12/h1-43H;1-33H;1-10,13H. The molecule has 0 saturated carbocycles. The second kappa shape index (κ2) is 32.3. The highest BCUT2D eigenvalue weighted by molar-refractivity contribution is 6.31. The SMILES string of the molecule is Clc1ccc2c(ccc3cc(-c4cccc5c4-c4ccccc4C54c5ccccc5C(c5ccccc5)(c5ccccc5)c5ccccc54)ccc32)c1.c1ccc(N(c2ccccc2)c2ccc3c(ccc4cc(-c5cccc6c5-c5ccccc5C65c6ccccc6C(c6ccccc6)(c6ccccc6)c6ccccc65)ccc43)c2)cc1.c1ccc(Nc2ccccc2)cc1. The molecule has 0 aliphatic heterocycles. The van der Waals surface area contributed by atoms with Crippen molar-refractivity contribution in [1.29, 1.82) is 0 Å². The minimum atomic E-state index is -0.541. The third kappa shape index (κ3) is 12.3. The Morgan fingerprint density at radius 3 is 0.786 bits per heavy atom. The van der Waals surface area contributed by atoms with Crippen LogP contribution in [0.15, 0.2) is 522 Å². The number of anilines is 5. The van der Waals surface area contributed by atoms with Crippen molar-refractivity contribution in [3.63, 3.8) is 0 Å². The largest absolute Gasteiger partial charge is 0.356 e. The zero-order valence-corrected chi connectivity index (χ0v) is 72.7. The maximum atomic E-state index is 6.37. The lowest BCUT2D eigenvalue weighted by molar-refractivity contribution is 0.623. The average Bonchev–Trinajstić information content (AvgIpc) is 1.52. The molecule has 4 aliphatic carbocycles. The van der Waals surface area contributed by atoms with Gasteiger partial charge in [0.1, 0.15) is 0 Å². The first-order valence-electron chi connectivity index (χ1n) is 45.4. The second-order valence-corrected chi connectivity index (χ2v) is 35.3. The highest BCUT2D eigenvalue weighted by Gasteiger charge is 2.59. The summed E-state index contributed by atoms with van der Waals surface area (Å²) in [6.07, 6.45) is 0. The fraction of sp³-hybridized carbons (Fsp3) is 0.0312. The second-order valence-electron chi connectivity index (χ2n) is 34.8. The van der Waals surface area contributed by atoms with Crippen LogP contribution in [0.3, 0.4) is 0 Å². The van der Waals surface area contributed by atoms with Crippen molar-refractivity contribution in [2.24, 2.45) is 0 Å². The van der Waals surface area contributed by atoms with Gasteiger partial charge in [-0.3, -0.25) is 0 Å². The fourth-order valence-electron chi connectivity index (χ4n) is 23.1. The molecule has 3 heteroatoms. The van der Waals surface area contributed by atoms with Gasteiger partial charge in [-0.2, -0.15) is 0 Å². The summed E-state index contributed by atoms with van der Waals surface area (Å²) in [4.78, 5) is 2.33. The number of benzene rings is 22. The number of nitrogens with one attached hydrogen (secondary N) is 1. The highest BCUT2D eigenvalue weighted by atomic mass is 35.5. The fourth-order valence-corrected chi connectivity index (χ4v) is 23.3. The van der Waals surface area contributed by atoms with E-state index in [0.29, 0.717) is 0 Å². The Hall–Kier alpha value is -16.2. The van der Waals surface area contributed by atoms with Crippen LogP contribution in [-0.4, -0.2) is 0 Å². The van der Waals surface area contributed by atoms with Gasteiger partial charge in [-0.05, 0) is 262 Å². The summed E-state index contributed by atoms with van der Waals surface area (Å²) in [6.45, 7) is 0. The molecule has 0 fully saturated rings. The van der Waals surface area contributed by atoms with Crippen LogP contribution in [0.4, 0.5) is 28.4 Å². The summed E-state index contributed by atoms with van der Waals surface area (Å²) in [5.74, 6) is 0. The van der Waals surface area contributed by atoms with E-state index in [1.807, 2.05) is 66.7 Å². The normalized spacial score (nSPS) is 13.6. The summed E-state index contributed by atoms with van der Waals surface area (Å²) in [6, 6.07) is 192. The lowest BCUT2D eigenvalue weighted by Gasteiger charge is -2.50. The minimum absolute atomic E-state index is 0.512. The molecule has 0 radical (unpaired) electrons. The summed E-state index contributed by atoms with van der Waals surface area (Å²) in [5.41, 5.74) is 34.7. The summed E-state index contributed by atoms with van der Waals surface area (Å²) < 4.78 is 0. The maximum Gasteiger partial charge on any atom is 0.0720 e. The molecular weight excluding hydrogens is 1600 g/mol. The predicted molar refractivity (Wildman–Crippen MR) is 548 cm³/mol. The first-order valence-corrected chi connectivity index (χ1v) is 45.7. The number of halogens is 1. The summed E-state index contributed by atoms with van der Waals surface area (Å²) in [5, 5.41) is 13.8. The monoisotopic (exact) mass is 1690 g/mol. The van der Waals surface area contributed by atoms with Crippen LogP contribution >= 0.6 is 11.6 Å². The molecule has 0 saturated heterocycles. The quantitative estimate of drug-likeness (QED) is 0.130. The molecule has 0 bridgehead atoms. The van der Waals surface area contributed by atoms with Crippen LogP contribution in [0.1, 0.15) is 89.0 Å². The van der Waals surface area contributed by atoms with Crippen LogP contribution < -0.4 is 10.2 Å². The van der Waals surface area contributed by atoms with E-state index in [1.54, 1.807) is 0 Å². The smallest absolute Gasteiger partial charge is 0.0720 e. The van der Waals surface area contributed by atoms with Gasteiger partial charge in [0.05, 0.1) is 21.7 Å². The number of hydrogen-bond acceptors (Lipinski definition) is 2. The molecule has 26 rings (SSSR count). The molecule has 0 heterocycles. The van der Waals surface area contributed by atoms with Crippen molar-refractivity contribution in [3.05, 3.63) is 616 Å². The lowest BCUT2D eigenvalue weighted by Crippen LogP contribution is -2.44. The van der Waals surface area contributed by atoms with Gasteiger partial charge in [0.15, 0.2) is 0 Å². The van der Waals surface area contributed by atoms with E-state index < -0.39 is 21.7 Å². The first kappa shape index (κ1) is 78.3. The molecular formula is C128H87ClN2. The molecule has 22 aromatic carbocycles. The molecule has 0 unspecified atom stereocenters. The highest BCUT2D eigenvalue weighted by Crippen LogP contribution is 2.68. The van der Waals surface area contributed by atoms with E-state index >= 15 is 0 Å². The Bertz CT molecular complexity index is 7860. The van der Waals surface area contributed by atoms with Crippen LogP contribution in [0.25, 0.3) is 87.6 Å². The molecule has 0 aromatic heterocycles. The molecule has 0 amide bonds. The van der Waals surface area contributed by atoms with Crippen molar-refractivity contribution in [1.82, 2.24) is 0 Å². The molecule has 22 aromatic rings. The predicted octanol–water partition coefficient (Wildman–Crippen LogP) is 33.0. The van der Waals surface area contributed by atoms with E-state index in [0.717, 1.165) is 38.8 Å². The van der Waals surface area contributed by atoms with Crippen molar-refractivity contribution >= 4 is 83.1 Å². The number of hydrogen-bond donors (Lipinski definition) is 1. The molecule has 1 N–H and O–H groups in total. The number of nitrogens with zero attached hydrogens (tertiary/aromatic N) is 1. The zero-order chi connectivity index (χ0) is 87.0. The third-order valence-corrected chi connectivity index (χ3v) is 28.5. The van der Waals surface area contributed by atoms with Gasteiger partial charge in [-0.1, -0.05) is 448 Å². The first-order chi connectivity index (χ1) is 64.9. The third-order valence-electron chi connectivity index (χ3n) is 28.3. The van der Waals surface area contributed by atoms with E-state index in [1.165, 1.54) is 171 Å². The van der Waals surface area contributed by atoms with E-state index in [9.17, 15) is 0 Å². The van der Waals surface area contributed by atoms with Crippen molar-refractivity contribution < 1.29 is 0 Å². The molecule has 0 atom stereocenters. The molecule has 4 aliphatic rings. The van der Waals surface area contributed by atoms with Gasteiger partial charge in [0.25, 0.3) is 0 Å². The van der Waals surface area contributed by atoms with Gasteiger partial charge in [0.2, 0.25) is 0 Å². The Balaban J connectivity index is 0.000000129. The van der Waals surface area contributed by atoms with E-state index in [4.69, 9.17) is 11.6 Å². The number of para-hydroxylation sites is 4. The number of rotatable bonds is 11. The van der Waals surface area contributed by atoms with Gasteiger partial charge in [-0.25, -0.2) is 0 Å². The van der Waals surface area contributed by atoms with Crippen LogP contribution in [0, 0.1) is 0 Å². The zero-order valence-electron chi connectivity index (χ0n) is 72.0. The minimum Gasteiger partial charge on any atom is -0.356 e. The summed E-state index contributed by atoms with van der Waals surface area (Å²) >= 11 is 6.37. The lowest BCUT2D eigenvalue weighted by atomic mass is 9.51. The van der Waals surface area contributed by atoms with Crippen LogP contribution in [0.2, 0.25) is 5.02 Å². The molecule has 131 heavy (non-hydrogen) atoms. The van der Waals surface area contributed by atoms with Crippen molar-refractivity contribution in [2.45, 2.75) is 21.7 Å². The van der Waals surface area contributed by atoms with Gasteiger partial charge in [-0.15, -0.1) is 0 Å². The Kier molecular flexibility index (Phi) is 19.3. The van der Waals surface area contributed by atoms with Crippen molar-refractivity contribution in [3.8, 4) is 44.5 Å². The van der Waals surface area contributed by atoms with E-state index in [-0.39, 0.29) is 0 Å². The summed E-state index contributed by atoms with van der Waals surface area (Å²) in [7, 11) is 0. The van der Waals surface area contributed by atoms with Gasteiger partial charge >= 0.3 is 0 Å². The Morgan fingerprint density at radius 1 is 0.176 bits per heavy atom. The van der Waals surface area contributed by atoms with Gasteiger partial charge in [0, 0.05) is 33.5 Å². The maximum absolute atomic E-state index is 6.37. The number of fused-ring (bicyclic) bond motifs is 24. The van der Waals surface area contributed by atoms with Crippen LogP contribution in [-0.2, 0) is 21.7 Å². The van der Waals surface area contributed by atoms with E-state index in [2.05, 4.69) is 465 Å². The molecule has 2 spiro atoms. The Morgan fingerprint density at radius 2 is 0.435 bits per heavy atom. The van der Waals surface area contributed by atoms with Gasteiger partial charge < -0.3 is 10.2 Å². The topological polar surface area (TPSA) is 15.3 Å². The van der Waals surface area contributed by atoms with Crippen LogP contribution in [0.5, 0.6) is 0 Å². The Labute approximate surface area is 769 Å². The average molecular weight is 1690 g/mol. The molecule has 2 nitrogen and oxygen atoms in total.